The van der Waals surface area contributed by atoms with E-state index < -0.39 is 9.84 Å². The molecule has 6 nitrogen and oxygen atoms in total. The van der Waals surface area contributed by atoms with E-state index in [9.17, 15) is 8.42 Å². The largest absolute Gasteiger partial charge is 0.383 e. The predicted octanol–water partition coefficient (Wildman–Crippen LogP) is 0.141. The number of aliphatic imine (C=N–C) groups is 1. The molecule has 1 aromatic carbocycles. The summed E-state index contributed by atoms with van der Waals surface area (Å²) in [5, 5.41) is 2.90. The third-order valence-electron chi connectivity index (χ3n) is 2.40. The number of methoxy groups -OCH3 is 1. The third kappa shape index (κ3) is 5.71. The molecule has 0 fully saturated rings. The van der Waals surface area contributed by atoms with Gasteiger partial charge in [0, 0.05) is 19.9 Å². The Labute approximate surface area is 113 Å². The summed E-state index contributed by atoms with van der Waals surface area (Å²) >= 11 is 0. The molecule has 0 bridgehead atoms. The molecule has 3 N–H and O–H groups in total. The molecule has 0 aliphatic carbocycles. The zero-order valence-corrected chi connectivity index (χ0v) is 11.9. The molecular weight excluding hydrogens is 266 g/mol. The van der Waals surface area contributed by atoms with Gasteiger partial charge < -0.3 is 15.8 Å². The van der Waals surface area contributed by atoms with Crippen LogP contribution in [0.3, 0.4) is 0 Å². The number of nitrogens with two attached hydrogens (primary N) is 1. The summed E-state index contributed by atoms with van der Waals surface area (Å²) < 4.78 is 27.4. The quantitative estimate of drug-likeness (QED) is 0.440. The van der Waals surface area contributed by atoms with E-state index in [2.05, 4.69) is 10.3 Å². The first-order valence-corrected chi connectivity index (χ1v) is 7.64. The molecule has 0 atom stereocenters. The SMILES string of the molecule is COCCNC(N)=NCc1ccc(S(C)(=O)=O)cc1. The molecule has 0 heterocycles. The Hall–Kier alpha value is -1.60. The summed E-state index contributed by atoms with van der Waals surface area (Å²) in [6.07, 6.45) is 1.18. The van der Waals surface area contributed by atoms with Crippen LogP contribution in [0.2, 0.25) is 0 Å². The molecule has 0 amide bonds. The van der Waals surface area contributed by atoms with Gasteiger partial charge in [-0.2, -0.15) is 0 Å². The van der Waals surface area contributed by atoms with Crippen molar-refractivity contribution in [3.8, 4) is 0 Å². The van der Waals surface area contributed by atoms with Crippen LogP contribution >= 0.6 is 0 Å². The van der Waals surface area contributed by atoms with Gasteiger partial charge in [-0.1, -0.05) is 12.1 Å². The molecule has 0 saturated heterocycles. The van der Waals surface area contributed by atoms with Crippen molar-refractivity contribution in [2.24, 2.45) is 10.7 Å². The molecule has 1 aromatic rings. The predicted molar refractivity (Wildman–Crippen MR) is 74.8 cm³/mol. The van der Waals surface area contributed by atoms with Crippen LogP contribution in [0.25, 0.3) is 0 Å². The fraction of sp³-hybridized carbons (Fsp3) is 0.417. The van der Waals surface area contributed by atoms with Crippen molar-refractivity contribution in [2.75, 3.05) is 26.5 Å². The van der Waals surface area contributed by atoms with E-state index in [0.29, 0.717) is 30.6 Å². The van der Waals surface area contributed by atoms with Gasteiger partial charge in [-0.3, -0.25) is 0 Å². The number of benzene rings is 1. The second-order valence-corrected chi connectivity index (χ2v) is 6.05. The maximum Gasteiger partial charge on any atom is 0.188 e. The first-order valence-electron chi connectivity index (χ1n) is 5.75. The first kappa shape index (κ1) is 15.5. The fourth-order valence-corrected chi connectivity index (χ4v) is 1.99. The van der Waals surface area contributed by atoms with Crippen LogP contribution in [0.15, 0.2) is 34.2 Å². The molecule has 106 valence electrons. The molecule has 0 spiro atoms. The van der Waals surface area contributed by atoms with Crippen molar-refractivity contribution in [1.29, 1.82) is 0 Å². The van der Waals surface area contributed by atoms with Crippen molar-refractivity contribution in [3.05, 3.63) is 29.8 Å². The monoisotopic (exact) mass is 285 g/mol. The first-order chi connectivity index (χ1) is 8.93. The molecule has 0 radical (unpaired) electrons. The smallest absolute Gasteiger partial charge is 0.188 e. The van der Waals surface area contributed by atoms with Crippen molar-refractivity contribution < 1.29 is 13.2 Å². The molecule has 0 aliphatic rings. The minimum Gasteiger partial charge on any atom is -0.383 e. The van der Waals surface area contributed by atoms with Crippen LogP contribution < -0.4 is 11.1 Å². The molecule has 19 heavy (non-hydrogen) atoms. The Balaban J connectivity index is 2.56. The van der Waals surface area contributed by atoms with Gasteiger partial charge >= 0.3 is 0 Å². The van der Waals surface area contributed by atoms with Gasteiger partial charge in [0.15, 0.2) is 15.8 Å². The molecule has 0 saturated carbocycles. The highest BCUT2D eigenvalue weighted by molar-refractivity contribution is 7.90. The maximum atomic E-state index is 11.3. The van der Waals surface area contributed by atoms with Crippen LogP contribution in [0.5, 0.6) is 0 Å². The molecular formula is C12H19N3O3S. The number of hydrogen-bond acceptors (Lipinski definition) is 4. The van der Waals surface area contributed by atoms with Gasteiger partial charge in [-0.05, 0) is 17.7 Å². The molecule has 0 aliphatic heterocycles. The van der Waals surface area contributed by atoms with Gasteiger partial charge in [0.1, 0.15) is 0 Å². The minimum absolute atomic E-state index is 0.298. The molecule has 0 unspecified atom stereocenters. The van der Waals surface area contributed by atoms with Crippen molar-refractivity contribution >= 4 is 15.8 Å². The van der Waals surface area contributed by atoms with Gasteiger partial charge in [0.05, 0.1) is 18.0 Å². The average molecular weight is 285 g/mol. The summed E-state index contributed by atoms with van der Waals surface area (Å²) in [5.74, 6) is 0.337. The topological polar surface area (TPSA) is 93.8 Å². The number of rotatable bonds is 6. The number of ether oxygens (including phenoxy) is 1. The van der Waals surface area contributed by atoms with E-state index >= 15 is 0 Å². The lowest BCUT2D eigenvalue weighted by Gasteiger charge is -2.05. The van der Waals surface area contributed by atoms with Gasteiger partial charge in [0.25, 0.3) is 0 Å². The summed E-state index contributed by atoms with van der Waals surface area (Å²) in [7, 11) is -1.54. The summed E-state index contributed by atoms with van der Waals surface area (Å²) in [5.41, 5.74) is 6.54. The van der Waals surface area contributed by atoms with Crippen molar-refractivity contribution in [3.63, 3.8) is 0 Å². The lowest BCUT2D eigenvalue weighted by Crippen LogP contribution is -2.34. The average Bonchev–Trinajstić information content (AvgIpc) is 2.36. The Morgan fingerprint density at radius 1 is 1.37 bits per heavy atom. The van der Waals surface area contributed by atoms with E-state index in [1.54, 1.807) is 31.4 Å². The van der Waals surface area contributed by atoms with Crippen molar-refractivity contribution in [2.45, 2.75) is 11.4 Å². The normalized spacial score (nSPS) is 12.4. The lowest BCUT2D eigenvalue weighted by molar-refractivity contribution is 0.204. The Morgan fingerprint density at radius 2 is 2.00 bits per heavy atom. The van der Waals surface area contributed by atoms with Crippen LogP contribution in [-0.4, -0.2) is 40.9 Å². The van der Waals surface area contributed by atoms with Gasteiger partial charge in [0.2, 0.25) is 0 Å². The standard InChI is InChI=1S/C12H19N3O3S/c1-18-8-7-14-12(13)15-9-10-3-5-11(6-4-10)19(2,16)17/h3-6H,7-9H2,1-2H3,(H3,13,14,15). The fourth-order valence-electron chi connectivity index (χ4n) is 1.36. The van der Waals surface area contributed by atoms with Gasteiger partial charge in [-0.15, -0.1) is 0 Å². The Bertz CT molecular complexity index is 524. The van der Waals surface area contributed by atoms with Gasteiger partial charge in [-0.25, -0.2) is 13.4 Å². The van der Waals surface area contributed by atoms with E-state index in [0.717, 1.165) is 5.56 Å². The zero-order valence-electron chi connectivity index (χ0n) is 11.1. The number of sulfone groups is 1. The van der Waals surface area contributed by atoms with E-state index in [1.807, 2.05) is 0 Å². The third-order valence-corrected chi connectivity index (χ3v) is 3.52. The Kier molecular flexibility index (Phi) is 5.78. The van der Waals surface area contributed by atoms with Crippen molar-refractivity contribution in [1.82, 2.24) is 5.32 Å². The summed E-state index contributed by atoms with van der Waals surface area (Å²) in [6, 6.07) is 6.58. The highest BCUT2D eigenvalue weighted by Crippen LogP contribution is 2.10. The van der Waals surface area contributed by atoms with Crippen LogP contribution in [-0.2, 0) is 21.1 Å². The second kappa shape index (κ2) is 7.10. The summed E-state index contributed by atoms with van der Waals surface area (Å²) in [6.45, 7) is 1.55. The van der Waals surface area contributed by atoms with E-state index in [1.165, 1.54) is 6.26 Å². The zero-order chi connectivity index (χ0) is 14.3. The number of nitrogens with one attached hydrogen (secondary N) is 1. The number of hydrogen-bond donors (Lipinski definition) is 2. The minimum atomic E-state index is -3.15. The van der Waals surface area contributed by atoms with Crippen LogP contribution in [0, 0.1) is 0 Å². The second-order valence-electron chi connectivity index (χ2n) is 4.04. The molecule has 7 heteroatoms. The highest BCUT2D eigenvalue weighted by atomic mass is 32.2. The van der Waals surface area contributed by atoms with Crippen LogP contribution in [0.4, 0.5) is 0 Å². The Morgan fingerprint density at radius 3 is 2.53 bits per heavy atom. The number of guanidine groups is 1. The highest BCUT2D eigenvalue weighted by Gasteiger charge is 2.05. The van der Waals surface area contributed by atoms with Crippen LogP contribution in [0.1, 0.15) is 5.56 Å². The lowest BCUT2D eigenvalue weighted by atomic mass is 10.2. The number of nitrogens with zero attached hydrogens (tertiary/aromatic N) is 1. The summed E-state index contributed by atoms with van der Waals surface area (Å²) in [4.78, 5) is 4.43. The molecule has 1 rings (SSSR count). The molecule has 0 aromatic heterocycles. The maximum absolute atomic E-state index is 11.3. The van der Waals surface area contributed by atoms with E-state index in [4.69, 9.17) is 10.5 Å². The van der Waals surface area contributed by atoms with E-state index in [-0.39, 0.29) is 0 Å².